The molecule has 0 aliphatic heterocycles. The number of fused-ring (bicyclic) bond motifs is 9. The second-order valence-corrected chi connectivity index (χ2v) is 14.4. The van der Waals surface area contributed by atoms with E-state index in [2.05, 4.69) is 71.3 Å². The summed E-state index contributed by atoms with van der Waals surface area (Å²) in [5.41, 5.74) is 9.74. The van der Waals surface area contributed by atoms with Gasteiger partial charge >= 0.3 is 0 Å². The normalized spacial score (nSPS) is 13.6. The lowest BCUT2D eigenvalue weighted by Crippen LogP contribution is -1.94. The quantitative estimate of drug-likeness (QED) is 0.173. The molecule has 0 aliphatic rings. The number of rotatable bonds is 5. The topological polar surface area (TPSA) is 23.0 Å². The smallest absolute Gasteiger partial charge is 0.159 e. The van der Waals surface area contributed by atoms with Crippen molar-refractivity contribution in [1.29, 1.82) is 0 Å². The van der Waals surface area contributed by atoms with Gasteiger partial charge in [-0.15, -0.1) is 0 Å². The van der Waals surface area contributed by atoms with Crippen LogP contribution in [0.3, 0.4) is 0 Å². The van der Waals surface area contributed by atoms with Gasteiger partial charge in [0.1, 0.15) is 5.58 Å². The van der Waals surface area contributed by atoms with Gasteiger partial charge in [0, 0.05) is 38.0 Å². The Morgan fingerprint density at radius 2 is 0.965 bits per heavy atom. The van der Waals surface area contributed by atoms with Gasteiger partial charge < -0.3 is 13.6 Å². The van der Waals surface area contributed by atoms with E-state index in [0.29, 0.717) is 22.4 Å². The van der Waals surface area contributed by atoms with Crippen LogP contribution in [0.4, 0.5) is 0 Å². The first-order valence-corrected chi connectivity index (χ1v) is 18.9. The zero-order valence-corrected chi connectivity index (χ0v) is 30.4. The second-order valence-electron chi connectivity index (χ2n) is 14.4. The van der Waals surface area contributed by atoms with E-state index >= 15 is 0 Å². The number of furan rings is 1. The van der Waals surface area contributed by atoms with Gasteiger partial charge in [-0.1, -0.05) is 139 Å². The second kappa shape index (κ2) is 12.5. The van der Waals surface area contributed by atoms with Crippen LogP contribution in [-0.4, -0.2) is 9.13 Å². The molecular weight excluding hydrogens is 693 g/mol. The average Bonchev–Trinajstić information content (AvgIpc) is 4.01. The molecule has 12 rings (SSSR count). The summed E-state index contributed by atoms with van der Waals surface area (Å²) in [6, 6.07) is 52.4. The predicted molar refractivity (Wildman–Crippen MR) is 239 cm³/mol. The fourth-order valence-electron chi connectivity index (χ4n) is 8.51. The van der Waals surface area contributed by atoms with Gasteiger partial charge in [-0.05, 0) is 100 Å². The molecular formula is C54H34N2O. The van der Waals surface area contributed by atoms with Crippen molar-refractivity contribution in [3.63, 3.8) is 0 Å². The maximum Gasteiger partial charge on any atom is 0.159 e. The van der Waals surface area contributed by atoms with Crippen molar-refractivity contribution in [2.75, 3.05) is 0 Å². The minimum Gasteiger partial charge on any atom is -0.454 e. The highest BCUT2D eigenvalue weighted by Crippen LogP contribution is 2.41. The van der Waals surface area contributed by atoms with E-state index in [4.69, 9.17) is 7.16 Å². The van der Waals surface area contributed by atoms with Crippen LogP contribution in [0.25, 0.3) is 110 Å². The number of hydrogen-bond donors (Lipinski definition) is 0. The van der Waals surface area contributed by atoms with E-state index in [1.54, 1.807) is 10.6 Å². The van der Waals surface area contributed by atoms with Gasteiger partial charge in [0.05, 0.1) is 37.3 Å². The molecule has 9 aromatic carbocycles. The monoisotopic (exact) mass is 733 g/mol. The summed E-state index contributed by atoms with van der Waals surface area (Å²) in [5.74, 6) is 0. The van der Waals surface area contributed by atoms with E-state index in [0.717, 1.165) is 60.5 Å². The standard InChI is InChI=1S/C54H34N2O/c1-3-12-35(13-4-1)37-22-27-41(28-23-37)55-49-29-24-38(36-14-5-2-6-15-36)32-46(49)47-34-40(25-30-50(47)55)39-26-31-51-45(33-39)42-16-7-9-19-48(42)56(51)52-20-11-18-44-43-17-8-10-21-53(43)57-54(44)52/h1-34H/i7D,9D,16D,19D,26D,31D,33D. The molecule has 3 aromatic heterocycles. The van der Waals surface area contributed by atoms with Crippen molar-refractivity contribution < 1.29 is 14.0 Å². The third-order valence-corrected chi connectivity index (χ3v) is 11.2. The molecule has 57 heavy (non-hydrogen) atoms. The zero-order chi connectivity index (χ0) is 43.5. The zero-order valence-electron chi connectivity index (χ0n) is 37.4. The van der Waals surface area contributed by atoms with Crippen molar-refractivity contribution in [1.82, 2.24) is 9.13 Å². The Bertz CT molecular complexity index is 3910. The van der Waals surface area contributed by atoms with Crippen molar-refractivity contribution in [3.05, 3.63) is 206 Å². The van der Waals surface area contributed by atoms with Crippen LogP contribution in [0.15, 0.2) is 211 Å². The van der Waals surface area contributed by atoms with E-state index < -0.39 is 12.1 Å². The molecule has 3 nitrogen and oxygen atoms in total. The maximum absolute atomic E-state index is 9.96. The number of aromatic nitrogens is 2. The van der Waals surface area contributed by atoms with Gasteiger partial charge in [-0.2, -0.15) is 0 Å². The molecule has 0 saturated carbocycles. The largest absolute Gasteiger partial charge is 0.454 e. The molecule has 0 bridgehead atoms. The summed E-state index contributed by atoms with van der Waals surface area (Å²) >= 11 is 0. The van der Waals surface area contributed by atoms with E-state index in [1.165, 1.54) is 0 Å². The lowest BCUT2D eigenvalue weighted by atomic mass is 9.99. The first kappa shape index (κ1) is 25.5. The Kier molecular flexibility index (Phi) is 5.56. The minimum atomic E-state index is -0.443. The van der Waals surface area contributed by atoms with Crippen LogP contribution in [0.2, 0.25) is 0 Å². The predicted octanol–water partition coefficient (Wildman–Crippen LogP) is 14.8. The average molecular weight is 734 g/mol. The van der Waals surface area contributed by atoms with Gasteiger partial charge in [0.2, 0.25) is 0 Å². The van der Waals surface area contributed by atoms with Crippen LogP contribution in [0.5, 0.6) is 0 Å². The Hall–Kier alpha value is -7.62. The van der Waals surface area contributed by atoms with Crippen LogP contribution >= 0.6 is 0 Å². The highest BCUT2D eigenvalue weighted by molar-refractivity contribution is 6.15. The van der Waals surface area contributed by atoms with Gasteiger partial charge in [-0.25, -0.2) is 0 Å². The summed E-state index contributed by atoms with van der Waals surface area (Å²) in [5, 5.41) is 3.80. The molecule has 12 aromatic rings. The molecule has 0 atom stereocenters. The number of benzene rings is 9. The maximum atomic E-state index is 9.96. The highest BCUT2D eigenvalue weighted by atomic mass is 16.3. The summed E-state index contributed by atoms with van der Waals surface area (Å²) in [7, 11) is 0. The van der Waals surface area contributed by atoms with Gasteiger partial charge in [0.25, 0.3) is 0 Å². The molecule has 0 radical (unpaired) electrons. The number of hydrogen-bond acceptors (Lipinski definition) is 1. The number of para-hydroxylation sites is 3. The highest BCUT2D eigenvalue weighted by Gasteiger charge is 2.19. The molecule has 0 saturated heterocycles. The summed E-state index contributed by atoms with van der Waals surface area (Å²) in [4.78, 5) is 0. The summed E-state index contributed by atoms with van der Waals surface area (Å²) < 4.78 is 75.6. The van der Waals surface area contributed by atoms with Crippen molar-refractivity contribution in [2.24, 2.45) is 0 Å². The van der Waals surface area contributed by atoms with Crippen molar-refractivity contribution >= 4 is 65.6 Å². The Balaban J connectivity index is 1.14. The van der Waals surface area contributed by atoms with Gasteiger partial charge in [-0.3, -0.25) is 0 Å². The third kappa shape index (κ3) is 4.92. The van der Waals surface area contributed by atoms with E-state index in [1.807, 2.05) is 91.0 Å². The van der Waals surface area contributed by atoms with E-state index in [9.17, 15) is 6.85 Å². The van der Waals surface area contributed by atoms with Crippen LogP contribution < -0.4 is 0 Å². The first-order valence-electron chi connectivity index (χ1n) is 22.4. The fourth-order valence-corrected chi connectivity index (χ4v) is 8.51. The molecule has 266 valence electrons. The van der Waals surface area contributed by atoms with Crippen LogP contribution in [0.1, 0.15) is 9.60 Å². The van der Waals surface area contributed by atoms with Crippen LogP contribution in [0, 0.1) is 0 Å². The molecule has 0 aliphatic carbocycles. The molecule has 0 unspecified atom stereocenters. The SMILES string of the molecule is [2H]c1c([2H])c([2H])c2c(c1[2H])c1c([2H])c(-c3ccc4c(c3)c3cc(-c5ccccc5)ccc3n4-c3ccc(-c4ccccc4)cc3)c([2H])c([2H])c1n2-c1cccc2c1oc1ccccc12. The van der Waals surface area contributed by atoms with Gasteiger partial charge in [0.15, 0.2) is 5.58 Å². The third-order valence-electron chi connectivity index (χ3n) is 11.2. The minimum absolute atomic E-state index is 0.105. The van der Waals surface area contributed by atoms with Crippen LogP contribution in [-0.2, 0) is 0 Å². The van der Waals surface area contributed by atoms with Crippen molar-refractivity contribution in [2.45, 2.75) is 0 Å². The van der Waals surface area contributed by atoms with E-state index in [-0.39, 0.29) is 57.6 Å². The summed E-state index contributed by atoms with van der Waals surface area (Å²) in [6.07, 6.45) is 0. The molecule has 0 fully saturated rings. The first-order chi connectivity index (χ1) is 31.2. The fraction of sp³-hybridized carbons (Fsp3) is 0. The molecule has 3 heteroatoms. The Morgan fingerprint density at radius 1 is 0.368 bits per heavy atom. The lowest BCUT2D eigenvalue weighted by Gasteiger charge is -2.10. The molecule has 0 N–H and O–H groups in total. The molecule has 0 amide bonds. The summed E-state index contributed by atoms with van der Waals surface area (Å²) in [6.45, 7) is 0. The lowest BCUT2D eigenvalue weighted by molar-refractivity contribution is 0.666. The Morgan fingerprint density at radius 3 is 1.72 bits per heavy atom. The number of nitrogens with zero attached hydrogens (tertiary/aromatic N) is 2. The molecule has 3 heterocycles. The van der Waals surface area contributed by atoms with Crippen molar-refractivity contribution in [3.8, 4) is 44.8 Å². The molecule has 0 spiro atoms. The Labute approximate surface area is 338 Å².